The number of ether oxygens (including phenoxy) is 3. The Morgan fingerprint density at radius 3 is 2.21 bits per heavy atom. The molecule has 1 aromatic carbocycles. The van der Waals surface area contributed by atoms with Gasteiger partial charge < -0.3 is 30.2 Å². The summed E-state index contributed by atoms with van der Waals surface area (Å²) in [7, 11) is 1.30. The number of nitrogens with zero attached hydrogens (tertiary/aromatic N) is 1. The van der Waals surface area contributed by atoms with E-state index in [1.165, 1.54) is 13.3 Å². The van der Waals surface area contributed by atoms with Crippen molar-refractivity contribution >= 4 is 34.8 Å². The number of nitrogens with one attached hydrogen (secondary N) is 3. The van der Waals surface area contributed by atoms with E-state index in [1.807, 2.05) is 0 Å². The third-order valence-corrected chi connectivity index (χ3v) is 6.75. The van der Waals surface area contributed by atoms with Crippen LogP contribution < -0.4 is 16.0 Å². The van der Waals surface area contributed by atoms with Crippen molar-refractivity contribution in [3.63, 3.8) is 0 Å². The summed E-state index contributed by atoms with van der Waals surface area (Å²) in [5, 5.41) is 7.99. The number of benzene rings is 1. The van der Waals surface area contributed by atoms with Gasteiger partial charge in [0, 0.05) is 7.11 Å². The maximum atomic E-state index is 13.2. The van der Waals surface area contributed by atoms with E-state index in [0.29, 0.717) is 5.01 Å². The lowest BCUT2D eigenvalue weighted by Gasteiger charge is -2.25. The number of epoxide rings is 1. The lowest BCUT2D eigenvalue weighted by atomic mass is 9.94. The molecule has 1 saturated heterocycles. The zero-order valence-corrected chi connectivity index (χ0v) is 22.4. The summed E-state index contributed by atoms with van der Waals surface area (Å²) in [6, 6.07) is 4.91. The molecule has 212 valence electrons. The highest BCUT2D eigenvalue weighted by atomic mass is 32.1. The summed E-state index contributed by atoms with van der Waals surface area (Å²) in [5.74, 6) is -2.81. The molecule has 39 heavy (non-hydrogen) atoms. The number of aryl methyl sites for hydroxylation is 1. The normalized spacial score (nSPS) is 18.6. The molecule has 0 saturated carbocycles. The molecule has 0 spiro atoms. The number of alkyl halides is 2. The number of aromatic nitrogens is 1. The van der Waals surface area contributed by atoms with Crippen LogP contribution in [0.3, 0.4) is 0 Å². The van der Waals surface area contributed by atoms with Gasteiger partial charge in [-0.25, -0.2) is 4.98 Å². The predicted molar refractivity (Wildman–Crippen MR) is 135 cm³/mol. The second kappa shape index (κ2) is 13.6. The van der Waals surface area contributed by atoms with Crippen LogP contribution in [0.1, 0.15) is 27.2 Å². The minimum Gasteiger partial charge on any atom is -0.382 e. The van der Waals surface area contributed by atoms with Gasteiger partial charge in [0.1, 0.15) is 22.6 Å². The van der Waals surface area contributed by atoms with Crippen molar-refractivity contribution in [1.29, 1.82) is 0 Å². The highest BCUT2D eigenvalue weighted by molar-refractivity contribution is 7.13. The lowest BCUT2D eigenvalue weighted by Crippen LogP contribution is -2.59. The van der Waals surface area contributed by atoms with Crippen molar-refractivity contribution in [2.75, 3.05) is 26.9 Å². The summed E-state index contributed by atoms with van der Waals surface area (Å²) >= 11 is 1.11. The van der Waals surface area contributed by atoms with E-state index < -0.39 is 60.4 Å². The van der Waals surface area contributed by atoms with E-state index in [1.54, 1.807) is 44.2 Å². The van der Waals surface area contributed by atoms with Gasteiger partial charge in [0.15, 0.2) is 5.78 Å². The van der Waals surface area contributed by atoms with Gasteiger partial charge in [0.25, 0.3) is 5.91 Å². The van der Waals surface area contributed by atoms with Crippen molar-refractivity contribution in [3.8, 4) is 0 Å². The SMILES string of the molecule is COC[C@H](NC(=O)c1cnc(C)s1)C(=O)N[C@@H](COC(F)F)C(=O)N[C@@H](Cc1ccccc1)C(=O)[C@@]1(C)CO1. The Morgan fingerprint density at radius 2 is 1.67 bits per heavy atom. The fourth-order valence-corrected chi connectivity index (χ4v) is 4.30. The topological polar surface area (TPSA) is 148 Å². The number of ketones is 1. The lowest BCUT2D eigenvalue weighted by molar-refractivity contribution is -0.148. The maximum absolute atomic E-state index is 13.2. The monoisotopic (exact) mass is 568 g/mol. The number of carbonyl (C=O) groups is 4. The second-order valence-corrected chi connectivity index (χ2v) is 10.2. The zero-order chi connectivity index (χ0) is 28.6. The molecule has 2 heterocycles. The van der Waals surface area contributed by atoms with Crippen LogP contribution in [0.25, 0.3) is 0 Å². The van der Waals surface area contributed by atoms with E-state index in [-0.39, 0.29) is 24.5 Å². The number of hydrogen-bond acceptors (Lipinski definition) is 9. The van der Waals surface area contributed by atoms with Gasteiger partial charge in [-0.3, -0.25) is 19.2 Å². The van der Waals surface area contributed by atoms with Gasteiger partial charge in [-0.1, -0.05) is 30.3 Å². The molecule has 3 amide bonds. The standard InChI is InChI=1S/C25H30F2N4O7S/c1-14-28-10-19(39-14)23(35)31-17(11-36-3)21(33)30-18(12-37-24(26)27)22(34)29-16(20(32)25(2)13-38-25)9-15-7-5-4-6-8-15/h4-8,10,16-18,24H,9,11-13H2,1-3H3,(H,29,34)(H,30,33)(H,31,35)/t16-,17-,18-,25+/m0/s1. The number of Topliss-reactive ketones (excluding diaryl/α,β-unsaturated/α-hetero) is 1. The fraction of sp³-hybridized carbons (Fsp3) is 0.480. The molecule has 3 N–H and O–H groups in total. The molecular formula is C25H30F2N4O7S. The Kier molecular flexibility index (Phi) is 10.6. The summed E-state index contributed by atoms with van der Waals surface area (Å²) in [5.41, 5.74) is -0.334. The van der Waals surface area contributed by atoms with Crippen LogP contribution in [-0.4, -0.2) is 85.8 Å². The molecule has 0 aliphatic carbocycles. The highest BCUT2D eigenvalue weighted by Gasteiger charge is 2.50. The first kappa shape index (κ1) is 30.2. The molecule has 3 rings (SSSR count). The maximum Gasteiger partial charge on any atom is 0.345 e. The largest absolute Gasteiger partial charge is 0.382 e. The van der Waals surface area contributed by atoms with Gasteiger partial charge in [0.2, 0.25) is 11.8 Å². The van der Waals surface area contributed by atoms with Gasteiger partial charge >= 0.3 is 6.61 Å². The van der Waals surface area contributed by atoms with E-state index in [2.05, 4.69) is 25.7 Å². The van der Waals surface area contributed by atoms with Crippen LogP contribution in [0.2, 0.25) is 0 Å². The molecule has 4 atom stereocenters. The van der Waals surface area contributed by atoms with Gasteiger partial charge in [0.05, 0.1) is 37.1 Å². The van der Waals surface area contributed by atoms with E-state index in [9.17, 15) is 28.0 Å². The van der Waals surface area contributed by atoms with Crippen molar-refractivity contribution in [3.05, 3.63) is 52.0 Å². The van der Waals surface area contributed by atoms with Crippen LogP contribution in [0, 0.1) is 6.92 Å². The van der Waals surface area contributed by atoms with Gasteiger partial charge in [-0.05, 0) is 25.8 Å². The summed E-state index contributed by atoms with van der Waals surface area (Å²) in [6.07, 6.45) is 1.45. The third-order valence-electron chi connectivity index (χ3n) is 5.84. The quantitative estimate of drug-likeness (QED) is 0.270. The van der Waals surface area contributed by atoms with Crippen LogP contribution in [0.5, 0.6) is 0 Å². The van der Waals surface area contributed by atoms with Crippen LogP contribution in [-0.2, 0) is 35.0 Å². The molecule has 11 nitrogen and oxygen atoms in total. The Hall–Kier alpha value is -3.33. The van der Waals surface area contributed by atoms with Gasteiger partial charge in [-0.15, -0.1) is 11.3 Å². The second-order valence-electron chi connectivity index (χ2n) is 9.01. The average molecular weight is 569 g/mol. The number of halogens is 2. The van der Waals surface area contributed by atoms with Crippen molar-refractivity contribution < 1.29 is 42.2 Å². The first-order valence-corrected chi connectivity index (χ1v) is 12.8. The van der Waals surface area contributed by atoms with Crippen molar-refractivity contribution in [2.24, 2.45) is 0 Å². The Morgan fingerprint density at radius 1 is 1.05 bits per heavy atom. The smallest absolute Gasteiger partial charge is 0.345 e. The fourth-order valence-electron chi connectivity index (χ4n) is 3.62. The number of rotatable bonds is 15. The molecule has 0 radical (unpaired) electrons. The number of thiazole rings is 1. The Bertz CT molecular complexity index is 1160. The molecule has 0 unspecified atom stereocenters. The Labute approximate surface area is 227 Å². The van der Waals surface area contributed by atoms with Gasteiger partial charge in [-0.2, -0.15) is 8.78 Å². The molecule has 1 aliphatic heterocycles. The number of carbonyl (C=O) groups excluding carboxylic acids is 4. The Balaban J connectivity index is 1.74. The minimum absolute atomic E-state index is 0.108. The molecule has 1 aliphatic rings. The highest BCUT2D eigenvalue weighted by Crippen LogP contribution is 2.29. The predicted octanol–water partition coefficient (Wildman–Crippen LogP) is 1.01. The number of methoxy groups -OCH3 is 1. The van der Waals surface area contributed by atoms with Crippen LogP contribution in [0.15, 0.2) is 36.5 Å². The van der Waals surface area contributed by atoms with Crippen molar-refractivity contribution in [2.45, 2.75) is 50.6 Å². The summed E-state index contributed by atoms with van der Waals surface area (Å²) in [4.78, 5) is 56.1. The zero-order valence-electron chi connectivity index (χ0n) is 21.6. The molecule has 2 aromatic rings. The number of hydrogen-bond donors (Lipinski definition) is 3. The summed E-state index contributed by atoms with van der Waals surface area (Å²) < 4.78 is 40.3. The average Bonchev–Trinajstić information content (AvgIpc) is 3.50. The van der Waals surface area contributed by atoms with Crippen molar-refractivity contribution in [1.82, 2.24) is 20.9 Å². The van der Waals surface area contributed by atoms with E-state index >= 15 is 0 Å². The molecule has 14 heteroatoms. The first-order valence-electron chi connectivity index (χ1n) is 12.0. The minimum atomic E-state index is -3.22. The van der Waals surface area contributed by atoms with E-state index in [4.69, 9.17) is 9.47 Å². The molecule has 0 bridgehead atoms. The van der Waals surface area contributed by atoms with Crippen LogP contribution >= 0.6 is 11.3 Å². The number of amides is 3. The molecule has 1 aromatic heterocycles. The first-order chi connectivity index (χ1) is 18.5. The summed E-state index contributed by atoms with van der Waals surface area (Å²) in [6.45, 7) is -0.915. The molecule has 1 fully saturated rings. The third kappa shape index (κ3) is 8.85. The van der Waals surface area contributed by atoms with Crippen LogP contribution in [0.4, 0.5) is 8.78 Å². The molecular weight excluding hydrogens is 538 g/mol. The van der Waals surface area contributed by atoms with E-state index in [0.717, 1.165) is 16.9 Å².